The lowest BCUT2D eigenvalue weighted by molar-refractivity contribution is 0.394. The zero-order chi connectivity index (χ0) is 12.7. The van der Waals surface area contributed by atoms with Crippen LogP contribution < -0.4 is 0 Å². The molecule has 98 valence electrons. The molecule has 1 N–H and O–H groups in total. The lowest BCUT2D eigenvalue weighted by atomic mass is 10.3. The minimum atomic E-state index is -3.39. The Hall–Kier alpha value is -0.880. The summed E-state index contributed by atoms with van der Waals surface area (Å²) in [5, 5.41) is 0.185. The minimum absolute atomic E-state index is 0.185. The Morgan fingerprint density at radius 2 is 1.82 bits per heavy atom. The first-order valence-corrected chi connectivity index (χ1v) is 7.55. The number of unbranched alkanes of at least 4 members (excludes halogenated alkanes) is 2. The quantitative estimate of drug-likeness (QED) is 0.776. The second-order valence-corrected chi connectivity index (χ2v) is 5.93. The predicted molar refractivity (Wildman–Crippen MR) is 67.2 cm³/mol. The molecule has 1 aromatic rings. The summed E-state index contributed by atoms with van der Waals surface area (Å²) in [7, 11) is -3.39. The number of nitrogens with zero attached hydrogens (tertiary/aromatic N) is 2. The van der Waals surface area contributed by atoms with E-state index in [1.165, 1.54) is 12.5 Å². The molecule has 0 bridgehead atoms. The summed E-state index contributed by atoms with van der Waals surface area (Å²) in [6.45, 7) is 5.28. The molecule has 0 radical (unpaired) electrons. The maximum atomic E-state index is 12.3. The van der Waals surface area contributed by atoms with Crippen LogP contribution in [0, 0.1) is 0 Å². The van der Waals surface area contributed by atoms with E-state index in [9.17, 15) is 8.42 Å². The highest BCUT2D eigenvalue weighted by atomic mass is 32.2. The molecule has 0 atom stereocenters. The molecular formula is C11H21N3O2S. The van der Waals surface area contributed by atoms with E-state index in [0.29, 0.717) is 13.1 Å². The normalized spacial score (nSPS) is 12.2. The number of rotatable bonds is 8. The molecule has 1 aromatic heterocycles. The summed E-state index contributed by atoms with van der Waals surface area (Å²) < 4.78 is 26.1. The van der Waals surface area contributed by atoms with Crippen LogP contribution in [0.15, 0.2) is 17.6 Å². The van der Waals surface area contributed by atoms with Gasteiger partial charge < -0.3 is 4.98 Å². The van der Waals surface area contributed by atoms with E-state index in [0.717, 1.165) is 25.7 Å². The number of hydrogen-bond acceptors (Lipinski definition) is 3. The first-order valence-electron chi connectivity index (χ1n) is 6.11. The molecule has 1 heterocycles. The average Bonchev–Trinajstić information content (AvgIpc) is 2.83. The third-order valence-corrected chi connectivity index (χ3v) is 4.44. The third kappa shape index (κ3) is 3.81. The van der Waals surface area contributed by atoms with Gasteiger partial charge in [0, 0.05) is 13.1 Å². The van der Waals surface area contributed by atoms with Crippen molar-refractivity contribution < 1.29 is 8.42 Å². The number of H-pyrrole nitrogens is 1. The van der Waals surface area contributed by atoms with Crippen LogP contribution >= 0.6 is 0 Å². The Kier molecular flexibility index (Phi) is 5.64. The molecule has 0 unspecified atom stereocenters. The van der Waals surface area contributed by atoms with E-state index in [1.54, 1.807) is 4.31 Å². The van der Waals surface area contributed by atoms with Crippen LogP contribution in [-0.2, 0) is 10.0 Å². The van der Waals surface area contributed by atoms with Crippen LogP contribution in [0.25, 0.3) is 0 Å². The molecule has 0 aliphatic carbocycles. The van der Waals surface area contributed by atoms with Crippen LogP contribution in [0.2, 0.25) is 0 Å². The summed E-state index contributed by atoms with van der Waals surface area (Å²) in [5.74, 6) is 0. The van der Waals surface area contributed by atoms with Crippen molar-refractivity contribution in [2.45, 2.75) is 44.6 Å². The minimum Gasteiger partial charge on any atom is -0.335 e. The highest BCUT2D eigenvalue weighted by Crippen LogP contribution is 2.14. The number of hydrogen-bond donors (Lipinski definition) is 1. The number of imidazole rings is 1. The van der Waals surface area contributed by atoms with Crippen LogP contribution in [0.5, 0.6) is 0 Å². The largest absolute Gasteiger partial charge is 0.335 e. The van der Waals surface area contributed by atoms with Gasteiger partial charge in [0.25, 0.3) is 10.0 Å². The molecule has 0 saturated heterocycles. The predicted octanol–water partition coefficient (Wildman–Crippen LogP) is 2.00. The SMILES string of the molecule is CCCCN(CCCC)S(=O)(=O)c1cnc[nH]1. The van der Waals surface area contributed by atoms with Gasteiger partial charge >= 0.3 is 0 Å². The molecule has 5 nitrogen and oxygen atoms in total. The van der Waals surface area contributed by atoms with Crippen LogP contribution in [-0.4, -0.2) is 35.8 Å². The summed E-state index contributed by atoms with van der Waals surface area (Å²) in [6, 6.07) is 0. The van der Waals surface area contributed by atoms with E-state index in [2.05, 4.69) is 23.8 Å². The zero-order valence-corrected chi connectivity index (χ0v) is 11.3. The molecule has 0 aliphatic heterocycles. The van der Waals surface area contributed by atoms with Gasteiger partial charge in [0.15, 0.2) is 5.03 Å². The second-order valence-electron chi connectivity index (χ2n) is 4.03. The van der Waals surface area contributed by atoms with Gasteiger partial charge in [-0.25, -0.2) is 13.4 Å². The Morgan fingerprint density at radius 1 is 1.24 bits per heavy atom. The van der Waals surface area contributed by atoms with Gasteiger partial charge in [0.1, 0.15) is 0 Å². The number of sulfonamides is 1. The Labute approximate surface area is 103 Å². The Bertz CT molecular complexity index is 392. The van der Waals surface area contributed by atoms with Gasteiger partial charge in [-0.15, -0.1) is 0 Å². The molecule has 17 heavy (non-hydrogen) atoms. The topological polar surface area (TPSA) is 66.1 Å². The van der Waals surface area contributed by atoms with Crippen molar-refractivity contribution in [2.75, 3.05) is 13.1 Å². The number of nitrogens with one attached hydrogen (secondary N) is 1. The molecule has 1 rings (SSSR count). The third-order valence-electron chi connectivity index (χ3n) is 2.61. The lowest BCUT2D eigenvalue weighted by Gasteiger charge is -2.20. The molecule has 0 aromatic carbocycles. The molecular weight excluding hydrogens is 238 g/mol. The van der Waals surface area contributed by atoms with Crippen LogP contribution in [0.4, 0.5) is 0 Å². The first-order chi connectivity index (χ1) is 8.12. The van der Waals surface area contributed by atoms with Gasteiger partial charge in [0.05, 0.1) is 12.5 Å². The van der Waals surface area contributed by atoms with Crippen molar-refractivity contribution in [1.29, 1.82) is 0 Å². The van der Waals surface area contributed by atoms with E-state index in [4.69, 9.17) is 0 Å². The van der Waals surface area contributed by atoms with Crippen molar-refractivity contribution in [3.63, 3.8) is 0 Å². The lowest BCUT2D eigenvalue weighted by Crippen LogP contribution is -2.33. The van der Waals surface area contributed by atoms with Crippen molar-refractivity contribution in [3.05, 3.63) is 12.5 Å². The molecule has 0 saturated carbocycles. The first kappa shape index (κ1) is 14.2. The van der Waals surface area contributed by atoms with Gasteiger partial charge in [-0.05, 0) is 12.8 Å². The second kappa shape index (κ2) is 6.76. The molecule has 0 spiro atoms. The maximum absolute atomic E-state index is 12.3. The van der Waals surface area contributed by atoms with Crippen LogP contribution in [0.1, 0.15) is 39.5 Å². The van der Waals surface area contributed by atoms with Gasteiger partial charge in [-0.2, -0.15) is 4.31 Å². The monoisotopic (exact) mass is 259 g/mol. The van der Waals surface area contributed by atoms with Gasteiger partial charge in [-0.1, -0.05) is 26.7 Å². The summed E-state index contributed by atoms with van der Waals surface area (Å²) in [4.78, 5) is 6.44. The smallest absolute Gasteiger partial charge is 0.260 e. The van der Waals surface area contributed by atoms with Gasteiger partial charge in [0.2, 0.25) is 0 Å². The Balaban J connectivity index is 2.80. The zero-order valence-electron chi connectivity index (χ0n) is 10.5. The van der Waals surface area contributed by atoms with E-state index in [-0.39, 0.29) is 5.03 Å². The van der Waals surface area contributed by atoms with Crippen molar-refractivity contribution >= 4 is 10.0 Å². The fourth-order valence-electron chi connectivity index (χ4n) is 1.54. The fourth-order valence-corrected chi connectivity index (χ4v) is 2.96. The van der Waals surface area contributed by atoms with Crippen molar-refractivity contribution in [2.24, 2.45) is 0 Å². The molecule has 0 aliphatic rings. The Morgan fingerprint density at radius 3 is 2.24 bits per heavy atom. The highest BCUT2D eigenvalue weighted by molar-refractivity contribution is 7.89. The fraction of sp³-hybridized carbons (Fsp3) is 0.727. The maximum Gasteiger partial charge on any atom is 0.260 e. The molecule has 0 fully saturated rings. The van der Waals surface area contributed by atoms with Crippen molar-refractivity contribution in [1.82, 2.24) is 14.3 Å². The van der Waals surface area contributed by atoms with E-state index >= 15 is 0 Å². The average molecular weight is 259 g/mol. The van der Waals surface area contributed by atoms with Crippen LogP contribution in [0.3, 0.4) is 0 Å². The molecule has 6 heteroatoms. The summed E-state index contributed by atoms with van der Waals surface area (Å²) in [5.41, 5.74) is 0. The standard InChI is InChI=1S/C11H21N3O2S/c1-3-5-7-14(8-6-4-2)17(15,16)11-9-12-10-13-11/h9-10H,3-8H2,1-2H3,(H,12,13). The van der Waals surface area contributed by atoms with Crippen molar-refractivity contribution in [3.8, 4) is 0 Å². The summed E-state index contributed by atoms with van der Waals surface area (Å²) in [6.07, 6.45) is 6.50. The van der Waals surface area contributed by atoms with Gasteiger partial charge in [-0.3, -0.25) is 0 Å². The van der Waals surface area contributed by atoms with E-state index < -0.39 is 10.0 Å². The highest BCUT2D eigenvalue weighted by Gasteiger charge is 2.24. The molecule has 0 amide bonds. The summed E-state index contributed by atoms with van der Waals surface area (Å²) >= 11 is 0. The van der Waals surface area contributed by atoms with E-state index in [1.807, 2.05) is 0 Å². The number of aromatic nitrogens is 2. The number of aromatic amines is 1.